The van der Waals surface area contributed by atoms with E-state index in [0.717, 1.165) is 0 Å². The SMILES string of the molecule is O=[SH](=O)NC(c1ccccc1)c1ccc(Oc2ncccc2-c2ccnc(N[C@@H]3CNC[C@@H](F)C3)n2)c(F)c1F. The second-order valence-electron chi connectivity index (χ2n) is 9.07. The molecule has 0 spiro atoms. The van der Waals surface area contributed by atoms with Crippen LogP contribution in [0.2, 0.25) is 0 Å². The Bertz CT molecular complexity index is 1550. The molecule has 13 heteroatoms. The minimum Gasteiger partial charge on any atom is -0.435 e. The summed E-state index contributed by atoms with van der Waals surface area (Å²) >= 11 is 0. The summed E-state index contributed by atoms with van der Waals surface area (Å²) < 4.78 is 75.1. The summed E-state index contributed by atoms with van der Waals surface area (Å²) in [6.07, 6.45) is 2.28. The molecule has 0 aliphatic carbocycles. The molecule has 5 rings (SSSR count). The van der Waals surface area contributed by atoms with E-state index in [0.29, 0.717) is 36.3 Å². The maximum absolute atomic E-state index is 15.3. The second-order valence-corrected chi connectivity index (χ2v) is 9.84. The van der Waals surface area contributed by atoms with Gasteiger partial charge in [0.15, 0.2) is 11.6 Å². The Morgan fingerprint density at radius 2 is 1.77 bits per heavy atom. The lowest BCUT2D eigenvalue weighted by Crippen LogP contribution is -2.44. The number of aromatic nitrogens is 3. The molecule has 3 heterocycles. The summed E-state index contributed by atoms with van der Waals surface area (Å²) in [6, 6.07) is 14.2. The van der Waals surface area contributed by atoms with Gasteiger partial charge in [0.1, 0.15) is 6.17 Å². The fourth-order valence-electron chi connectivity index (χ4n) is 4.45. The van der Waals surface area contributed by atoms with Crippen LogP contribution in [0.3, 0.4) is 0 Å². The zero-order valence-corrected chi connectivity index (χ0v) is 21.8. The summed E-state index contributed by atoms with van der Waals surface area (Å²) in [6.45, 7) is 0.859. The van der Waals surface area contributed by atoms with Crippen molar-refractivity contribution in [1.82, 2.24) is 25.0 Å². The molecule has 1 fully saturated rings. The summed E-state index contributed by atoms with van der Waals surface area (Å²) in [5.74, 6) is -2.80. The quantitative estimate of drug-likeness (QED) is 0.224. The first-order valence-corrected chi connectivity index (χ1v) is 13.6. The van der Waals surface area contributed by atoms with Crippen LogP contribution in [0.4, 0.5) is 19.1 Å². The van der Waals surface area contributed by atoms with Crippen molar-refractivity contribution in [3.05, 3.63) is 95.8 Å². The van der Waals surface area contributed by atoms with Crippen LogP contribution in [0.1, 0.15) is 23.6 Å². The first-order chi connectivity index (χ1) is 19.4. The molecule has 40 heavy (non-hydrogen) atoms. The lowest BCUT2D eigenvalue weighted by molar-refractivity contribution is 0.254. The fraction of sp³-hybridized carbons (Fsp3) is 0.222. The van der Waals surface area contributed by atoms with Gasteiger partial charge in [-0.3, -0.25) is 0 Å². The first kappa shape index (κ1) is 27.5. The standard InChI is InChI=1S/C27H25F3N6O3S/c28-17-13-18(15-31-14-17)34-27-33-12-10-21(35-27)19-7-4-11-32-26(19)39-22-9-8-20(23(29)24(22)30)25(36-40(37)38)16-5-2-1-3-6-16/h1-12,17-18,25,31,40H,13-15H2,(H,33,34,35)(H,36,37,38)/t17-,18-,25?/m0/s1. The molecule has 4 aromatic rings. The summed E-state index contributed by atoms with van der Waals surface area (Å²) in [5, 5.41) is 6.11. The van der Waals surface area contributed by atoms with E-state index in [4.69, 9.17) is 4.74 Å². The van der Waals surface area contributed by atoms with E-state index < -0.39 is 40.5 Å². The second kappa shape index (κ2) is 12.4. The average molecular weight is 571 g/mol. The molecule has 0 amide bonds. The zero-order chi connectivity index (χ0) is 28.1. The predicted molar refractivity (Wildman–Crippen MR) is 143 cm³/mol. The highest BCUT2D eigenvalue weighted by Crippen LogP contribution is 2.35. The molecule has 0 radical (unpaired) electrons. The van der Waals surface area contributed by atoms with E-state index in [9.17, 15) is 12.8 Å². The molecule has 208 valence electrons. The van der Waals surface area contributed by atoms with Gasteiger partial charge in [-0.1, -0.05) is 36.4 Å². The van der Waals surface area contributed by atoms with Crippen LogP contribution in [0.5, 0.6) is 11.6 Å². The van der Waals surface area contributed by atoms with Crippen LogP contribution in [0, 0.1) is 11.6 Å². The van der Waals surface area contributed by atoms with Crippen molar-refractivity contribution < 1.29 is 26.3 Å². The van der Waals surface area contributed by atoms with Gasteiger partial charge in [-0.05, 0) is 29.8 Å². The Morgan fingerprint density at radius 3 is 2.55 bits per heavy atom. The first-order valence-electron chi connectivity index (χ1n) is 12.4. The fourth-order valence-corrected chi connectivity index (χ4v) is 4.95. The third-order valence-electron chi connectivity index (χ3n) is 6.29. The molecule has 9 nitrogen and oxygen atoms in total. The number of hydrogen-bond donors (Lipinski definition) is 4. The number of pyridine rings is 1. The van der Waals surface area contributed by atoms with Crippen molar-refractivity contribution in [2.24, 2.45) is 0 Å². The van der Waals surface area contributed by atoms with Crippen LogP contribution in [-0.2, 0) is 10.9 Å². The molecule has 1 aliphatic rings. The van der Waals surface area contributed by atoms with Gasteiger partial charge in [0.25, 0.3) is 0 Å². The molecule has 0 bridgehead atoms. The molecular formula is C27H25F3N6O3S. The normalized spacial score (nSPS) is 17.9. The van der Waals surface area contributed by atoms with E-state index in [1.807, 2.05) is 0 Å². The summed E-state index contributed by atoms with van der Waals surface area (Å²) in [7, 11) is -3.12. The van der Waals surface area contributed by atoms with Gasteiger partial charge in [0, 0.05) is 43.5 Å². The van der Waals surface area contributed by atoms with Crippen molar-refractivity contribution >= 4 is 16.8 Å². The monoisotopic (exact) mass is 570 g/mol. The number of halogens is 3. The van der Waals surface area contributed by atoms with E-state index in [1.165, 1.54) is 24.5 Å². The van der Waals surface area contributed by atoms with Gasteiger partial charge in [-0.25, -0.2) is 36.9 Å². The van der Waals surface area contributed by atoms with Crippen LogP contribution < -0.4 is 20.1 Å². The molecule has 2 aromatic heterocycles. The number of hydrogen-bond acceptors (Lipinski definition) is 8. The smallest absolute Gasteiger partial charge is 0.228 e. The number of alkyl halides is 1. The van der Waals surface area contributed by atoms with Crippen molar-refractivity contribution in [3.8, 4) is 22.9 Å². The van der Waals surface area contributed by atoms with Gasteiger partial charge < -0.3 is 15.4 Å². The Balaban J connectivity index is 1.42. The molecular weight excluding hydrogens is 545 g/mol. The molecule has 3 atom stereocenters. The largest absolute Gasteiger partial charge is 0.435 e. The lowest BCUT2D eigenvalue weighted by atomic mass is 9.99. The lowest BCUT2D eigenvalue weighted by Gasteiger charge is -2.26. The van der Waals surface area contributed by atoms with E-state index in [-0.39, 0.29) is 23.4 Å². The van der Waals surface area contributed by atoms with Crippen molar-refractivity contribution in [2.45, 2.75) is 24.7 Å². The highest BCUT2D eigenvalue weighted by Gasteiger charge is 2.25. The van der Waals surface area contributed by atoms with Crippen LogP contribution in [-0.4, -0.2) is 48.7 Å². The van der Waals surface area contributed by atoms with Crippen LogP contribution in [0.25, 0.3) is 11.3 Å². The number of anilines is 1. The van der Waals surface area contributed by atoms with Gasteiger partial charge in [0.05, 0.1) is 17.3 Å². The van der Waals surface area contributed by atoms with Crippen molar-refractivity contribution in [2.75, 3.05) is 18.4 Å². The number of piperidine rings is 1. The van der Waals surface area contributed by atoms with Crippen molar-refractivity contribution in [1.29, 1.82) is 0 Å². The molecule has 3 N–H and O–H groups in total. The Labute approximate surface area is 229 Å². The summed E-state index contributed by atoms with van der Waals surface area (Å²) in [5.41, 5.74) is 0.996. The molecule has 2 aromatic carbocycles. The zero-order valence-electron chi connectivity index (χ0n) is 20.9. The third-order valence-corrected chi connectivity index (χ3v) is 6.76. The molecule has 1 saturated heterocycles. The minimum absolute atomic E-state index is 0.0401. The Kier molecular flexibility index (Phi) is 8.53. The van der Waals surface area contributed by atoms with Gasteiger partial charge in [0.2, 0.25) is 28.5 Å². The topological polar surface area (TPSA) is 118 Å². The van der Waals surface area contributed by atoms with Gasteiger partial charge in [-0.15, -0.1) is 0 Å². The number of nitrogens with zero attached hydrogens (tertiary/aromatic N) is 3. The third kappa shape index (κ3) is 6.38. The molecule has 1 unspecified atom stereocenters. The number of rotatable bonds is 9. The summed E-state index contributed by atoms with van der Waals surface area (Å²) in [4.78, 5) is 12.9. The van der Waals surface area contributed by atoms with Gasteiger partial charge >= 0.3 is 0 Å². The average Bonchev–Trinajstić information content (AvgIpc) is 2.95. The minimum atomic E-state index is -3.12. The Hall–Kier alpha value is -4.07. The van der Waals surface area contributed by atoms with Crippen LogP contribution >= 0.6 is 0 Å². The highest BCUT2D eigenvalue weighted by atomic mass is 32.2. The van der Waals surface area contributed by atoms with E-state index >= 15 is 8.78 Å². The number of ether oxygens (including phenoxy) is 1. The van der Waals surface area contributed by atoms with E-state index in [2.05, 4.69) is 30.3 Å². The highest BCUT2D eigenvalue weighted by molar-refractivity contribution is 7.70. The maximum atomic E-state index is 15.3. The van der Waals surface area contributed by atoms with Crippen LogP contribution in [0.15, 0.2) is 73.1 Å². The van der Waals surface area contributed by atoms with Gasteiger partial charge in [-0.2, -0.15) is 4.39 Å². The van der Waals surface area contributed by atoms with E-state index in [1.54, 1.807) is 48.5 Å². The molecule has 1 aliphatic heterocycles. The molecule has 0 saturated carbocycles. The number of thiol groups is 1. The number of nitrogens with one attached hydrogen (secondary N) is 3. The maximum Gasteiger partial charge on any atom is 0.228 e. The number of benzene rings is 2. The predicted octanol–water partition coefficient (Wildman–Crippen LogP) is 3.93. The Morgan fingerprint density at radius 1 is 0.950 bits per heavy atom. The van der Waals surface area contributed by atoms with Crippen molar-refractivity contribution in [3.63, 3.8) is 0 Å².